The lowest BCUT2D eigenvalue weighted by molar-refractivity contribution is -0.113. The maximum absolute atomic E-state index is 11.9. The summed E-state index contributed by atoms with van der Waals surface area (Å²) in [5, 5.41) is 7.01. The number of amides is 1. The topological polar surface area (TPSA) is 73.2 Å². The van der Waals surface area contributed by atoms with E-state index in [9.17, 15) is 9.59 Å². The number of esters is 1. The number of nitrogens with one attached hydrogen (secondary N) is 1. The van der Waals surface area contributed by atoms with Crippen LogP contribution in [0.4, 0.5) is 5.69 Å². The Morgan fingerprint density at radius 3 is 2.65 bits per heavy atom. The molecule has 0 radical (unpaired) electrons. The van der Waals surface area contributed by atoms with Crippen LogP contribution in [0.1, 0.15) is 36.5 Å². The summed E-state index contributed by atoms with van der Waals surface area (Å²) in [4.78, 5) is 23.7. The van der Waals surface area contributed by atoms with Crippen LogP contribution in [0.5, 0.6) is 0 Å². The van der Waals surface area contributed by atoms with Crippen LogP contribution in [0.15, 0.2) is 0 Å². The first-order valence-electron chi connectivity index (χ1n) is 6.58. The average Bonchev–Trinajstić information content (AvgIpc) is 2.75. The fraction of sp³-hybridized carbons (Fsp3) is 0.615. The lowest BCUT2D eigenvalue weighted by atomic mass is 10.3. The number of hydrogen-bond acceptors (Lipinski definition) is 5. The van der Waals surface area contributed by atoms with E-state index < -0.39 is 5.97 Å². The molecule has 0 saturated heterocycles. The quantitative estimate of drug-likeness (QED) is 0.616. The molecule has 0 aliphatic rings. The molecule has 1 aromatic rings. The molecule has 0 aromatic carbocycles. The van der Waals surface area contributed by atoms with Crippen LogP contribution in [-0.2, 0) is 16.1 Å². The number of aryl methyl sites for hydroxylation is 2. The Morgan fingerprint density at radius 1 is 1.40 bits per heavy atom. The van der Waals surface area contributed by atoms with Gasteiger partial charge in [0, 0.05) is 6.54 Å². The molecular formula is C13H21N3O3S. The van der Waals surface area contributed by atoms with Crippen molar-refractivity contribution >= 4 is 29.3 Å². The predicted molar refractivity (Wildman–Crippen MR) is 80.2 cm³/mol. The maximum atomic E-state index is 11.9. The molecule has 20 heavy (non-hydrogen) atoms. The summed E-state index contributed by atoms with van der Waals surface area (Å²) >= 11 is 1.56. The zero-order chi connectivity index (χ0) is 15.1. The molecule has 0 aliphatic heterocycles. The van der Waals surface area contributed by atoms with Gasteiger partial charge in [-0.05, 0) is 26.0 Å². The van der Waals surface area contributed by atoms with Crippen molar-refractivity contribution in [3.05, 3.63) is 11.4 Å². The van der Waals surface area contributed by atoms with Crippen molar-refractivity contribution in [3.8, 4) is 0 Å². The smallest absolute Gasteiger partial charge is 0.358 e. The summed E-state index contributed by atoms with van der Waals surface area (Å²) in [5.41, 5.74) is 1.35. The van der Waals surface area contributed by atoms with Crippen LogP contribution in [0.3, 0.4) is 0 Å². The molecule has 0 spiro atoms. The molecule has 1 rings (SSSR count). The summed E-state index contributed by atoms with van der Waals surface area (Å²) in [6, 6.07) is 0. The highest BCUT2D eigenvalue weighted by atomic mass is 32.2. The normalized spacial score (nSPS) is 10.4. The first-order chi connectivity index (χ1) is 9.54. The van der Waals surface area contributed by atoms with E-state index in [2.05, 4.69) is 17.3 Å². The molecule has 0 aliphatic carbocycles. The number of carbonyl (C=O) groups excluding carboxylic acids is 2. The third-order valence-corrected chi connectivity index (χ3v) is 3.81. The third-order valence-electron chi connectivity index (χ3n) is 2.65. The fourth-order valence-electron chi connectivity index (χ4n) is 1.75. The van der Waals surface area contributed by atoms with E-state index in [0.29, 0.717) is 29.4 Å². The number of methoxy groups -OCH3 is 1. The third kappa shape index (κ3) is 4.00. The van der Waals surface area contributed by atoms with E-state index in [1.165, 1.54) is 11.8 Å². The molecule has 6 nitrogen and oxygen atoms in total. The van der Waals surface area contributed by atoms with Gasteiger partial charge in [-0.25, -0.2) is 4.79 Å². The first kappa shape index (κ1) is 16.6. The van der Waals surface area contributed by atoms with Gasteiger partial charge in [0.1, 0.15) is 0 Å². The number of ether oxygens (including phenoxy) is 1. The van der Waals surface area contributed by atoms with E-state index in [-0.39, 0.29) is 5.91 Å². The van der Waals surface area contributed by atoms with Crippen molar-refractivity contribution < 1.29 is 14.3 Å². The van der Waals surface area contributed by atoms with Gasteiger partial charge < -0.3 is 10.1 Å². The summed E-state index contributed by atoms with van der Waals surface area (Å²) in [6.45, 7) is 6.23. The minimum Gasteiger partial charge on any atom is -0.464 e. The number of rotatable bonds is 7. The van der Waals surface area contributed by atoms with E-state index in [1.54, 1.807) is 18.7 Å². The Hall–Kier alpha value is -1.50. The first-order valence-corrected chi connectivity index (χ1v) is 7.73. The van der Waals surface area contributed by atoms with E-state index in [4.69, 9.17) is 4.74 Å². The molecule has 0 saturated carbocycles. The number of anilines is 1. The summed E-state index contributed by atoms with van der Waals surface area (Å²) in [6.07, 6.45) is 1.03. The SMILES string of the molecule is CCCSCC(=O)Nc1c(C)nn(CC)c1C(=O)OC. The molecule has 7 heteroatoms. The van der Waals surface area contributed by atoms with Crippen molar-refractivity contribution in [1.29, 1.82) is 0 Å². The van der Waals surface area contributed by atoms with Crippen molar-refractivity contribution in [2.45, 2.75) is 33.7 Å². The average molecular weight is 299 g/mol. The second-order valence-corrected chi connectivity index (χ2v) is 5.32. The van der Waals surface area contributed by atoms with Crippen LogP contribution in [0.2, 0.25) is 0 Å². The number of aromatic nitrogens is 2. The lowest BCUT2D eigenvalue weighted by Crippen LogP contribution is -2.18. The molecule has 0 atom stereocenters. The molecule has 1 N–H and O–H groups in total. The highest BCUT2D eigenvalue weighted by molar-refractivity contribution is 7.99. The van der Waals surface area contributed by atoms with Crippen LogP contribution in [0.25, 0.3) is 0 Å². The van der Waals surface area contributed by atoms with Crippen LogP contribution >= 0.6 is 11.8 Å². The number of thioether (sulfide) groups is 1. The van der Waals surface area contributed by atoms with Gasteiger partial charge in [-0.1, -0.05) is 6.92 Å². The van der Waals surface area contributed by atoms with Crippen LogP contribution in [0, 0.1) is 6.92 Å². The van der Waals surface area contributed by atoms with Crippen molar-refractivity contribution in [2.24, 2.45) is 0 Å². The van der Waals surface area contributed by atoms with E-state index in [1.807, 2.05) is 6.92 Å². The highest BCUT2D eigenvalue weighted by Gasteiger charge is 2.23. The predicted octanol–water partition coefficient (Wildman–Crippen LogP) is 2.08. The van der Waals surface area contributed by atoms with Crippen molar-refractivity contribution in [1.82, 2.24) is 9.78 Å². The summed E-state index contributed by atoms with van der Waals surface area (Å²) in [5.74, 6) is 0.673. The molecule has 112 valence electrons. The second kappa shape index (κ2) is 7.94. The Morgan fingerprint density at radius 2 is 2.10 bits per heavy atom. The van der Waals surface area contributed by atoms with Gasteiger partial charge in [0.05, 0.1) is 24.2 Å². The minimum absolute atomic E-state index is 0.132. The van der Waals surface area contributed by atoms with E-state index >= 15 is 0 Å². The molecular weight excluding hydrogens is 278 g/mol. The van der Waals surface area contributed by atoms with Gasteiger partial charge in [0.2, 0.25) is 5.91 Å². The molecule has 0 bridgehead atoms. The van der Waals surface area contributed by atoms with Gasteiger partial charge >= 0.3 is 5.97 Å². The molecule has 1 heterocycles. The molecule has 0 unspecified atom stereocenters. The number of carbonyl (C=O) groups is 2. The number of nitrogens with zero attached hydrogens (tertiary/aromatic N) is 2. The zero-order valence-electron chi connectivity index (χ0n) is 12.4. The largest absolute Gasteiger partial charge is 0.464 e. The van der Waals surface area contributed by atoms with E-state index in [0.717, 1.165) is 12.2 Å². The number of hydrogen-bond donors (Lipinski definition) is 1. The van der Waals surface area contributed by atoms with Crippen LogP contribution < -0.4 is 5.32 Å². The molecule has 1 amide bonds. The standard InChI is InChI=1S/C13H21N3O3S/c1-5-7-20-8-10(17)14-11-9(3)15-16(6-2)12(11)13(18)19-4/h5-8H2,1-4H3,(H,14,17). The zero-order valence-corrected chi connectivity index (χ0v) is 13.2. The Balaban J connectivity index is 2.90. The Bertz CT molecular complexity index is 485. The van der Waals surface area contributed by atoms with Gasteiger partial charge in [-0.2, -0.15) is 16.9 Å². The second-order valence-electron chi connectivity index (χ2n) is 4.22. The Kier molecular flexibility index (Phi) is 6.57. The summed E-state index contributed by atoms with van der Waals surface area (Å²) < 4.78 is 6.29. The van der Waals surface area contributed by atoms with Crippen LogP contribution in [-0.4, -0.2) is 40.3 Å². The fourth-order valence-corrected chi connectivity index (χ4v) is 2.44. The highest BCUT2D eigenvalue weighted by Crippen LogP contribution is 2.21. The van der Waals surface area contributed by atoms with Gasteiger partial charge in [-0.3, -0.25) is 9.48 Å². The summed E-state index contributed by atoms with van der Waals surface area (Å²) in [7, 11) is 1.31. The molecule has 1 aromatic heterocycles. The van der Waals surface area contributed by atoms with Gasteiger partial charge in [0.25, 0.3) is 0 Å². The Labute approximate surface area is 123 Å². The lowest BCUT2D eigenvalue weighted by Gasteiger charge is -2.07. The van der Waals surface area contributed by atoms with Gasteiger partial charge in [-0.15, -0.1) is 0 Å². The van der Waals surface area contributed by atoms with Crippen molar-refractivity contribution in [2.75, 3.05) is 23.9 Å². The monoisotopic (exact) mass is 299 g/mol. The molecule has 0 fully saturated rings. The minimum atomic E-state index is -0.496. The van der Waals surface area contributed by atoms with Gasteiger partial charge in [0.15, 0.2) is 5.69 Å². The van der Waals surface area contributed by atoms with Crippen molar-refractivity contribution in [3.63, 3.8) is 0 Å². The maximum Gasteiger partial charge on any atom is 0.358 e.